The molecule has 2 amide bonds. The Morgan fingerprint density at radius 1 is 1.27 bits per heavy atom. The number of carbonyl (C=O) groups excluding carboxylic acids is 3. The molecular formula is C28H27ClN4O4. The van der Waals surface area contributed by atoms with Gasteiger partial charge in [-0.1, -0.05) is 29.8 Å². The van der Waals surface area contributed by atoms with E-state index in [1.54, 1.807) is 31.4 Å². The van der Waals surface area contributed by atoms with E-state index in [2.05, 4.69) is 16.4 Å². The van der Waals surface area contributed by atoms with Gasteiger partial charge >= 0.3 is 0 Å². The highest BCUT2D eigenvalue weighted by molar-refractivity contribution is 6.31. The predicted octanol–water partition coefficient (Wildman–Crippen LogP) is 4.34. The number of benzene rings is 2. The molecule has 37 heavy (non-hydrogen) atoms. The second-order valence-corrected chi connectivity index (χ2v) is 9.95. The minimum absolute atomic E-state index is 0.135. The topological polar surface area (TPSA) is 115 Å². The number of amides is 2. The van der Waals surface area contributed by atoms with Crippen molar-refractivity contribution in [1.82, 2.24) is 15.2 Å². The van der Waals surface area contributed by atoms with Crippen molar-refractivity contribution in [3.05, 3.63) is 64.3 Å². The Labute approximate surface area is 219 Å². The van der Waals surface area contributed by atoms with Crippen molar-refractivity contribution >= 4 is 40.1 Å². The van der Waals surface area contributed by atoms with Gasteiger partial charge < -0.3 is 19.9 Å². The van der Waals surface area contributed by atoms with Gasteiger partial charge in [-0.05, 0) is 61.1 Å². The molecule has 1 aliphatic heterocycles. The maximum Gasteiger partial charge on any atom is 0.271 e. The fourth-order valence-electron chi connectivity index (χ4n) is 5.52. The number of aromatic nitrogens is 1. The zero-order valence-electron chi connectivity index (χ0n) is 20.4. The first-order valence-electron chi connectivity index (χ1n) is 12.4. The largest absolute Gasteiger partial charge is 0.496 e. The van der Waals surface area contributed by atoms with Crippen LogP contribution in [0.1, 0.15) is 53.3 Å². The average Bonchev–Trinajstić information content (AvgIpc) is 3.53. The Kier molecular flexibility index (Phi) is 6.90. The van der Waals surface area contributed by atoms with E-state index in [-0.39, 0.29) is 30.6 Å². The minimum atomic E-state index is -0.974. The first-order chi connectivity index (χ1) is 17.9. The maximum atomic E-state index is 13.8. The summed E-state index contributed by atoms with van der Waals surface area (Å²) in [6.45, 7) is 0.276. The smallest absolute Gasteiger partial charge is 0.271 e. The Hall–Kier alpha value is -3.83. The van der Waals surface area contributed by atoms with Gasteiger partial charge in [-0.15, -0.1) is 0 Å². The molecule has 2 N–H and O–H groups in total. The van der Waals surface area contributed by atoms with Crippen LogP contribution in [0.5, 0.6) is 5.75 Å². The number of fused-ring (bicyclic) bond motifs is 2. The predicted molar refractivity (Wildman–Crippen MR) is 138 cm³/mol. The van der Waals surface area contributed by atoms with Crippen molar-refractivity contribution in [3.63, 3.8) is 0 Å². The molecule has 1 fully saturated rings. The second kappa shape index (κ2) is 10.3. The quantitative estimate of drug-likeness (QED) is 0.503. The van der Waals surface area contributed by atoms with Gasteiger partial charge in [0.1, 0.15) is 29.3 Å². The van der Waals surface area contributed by atoms with Crippen molar-refractivity contribution in [2.24, 2.45) is 5.92 Å². The monoisotopic (exact) mass is 518 g/mol. The number of carbonyl (C=O) groups is 3. The molecule has 0 spiro atoms. The van der Waals surface area contributed by atoms with Crippen LogP contribution in [0.2, 0.25) is 5.02 Å². The molecule has 0 unspecified atom stereocenters. The summed E-state index contributed by atoms with van der Waals surface area (Å²) in [5, 5.41) is 13.9. The Balaban J connectivity index is 1.47. The van der Waals surface area contributed by atoms with E-state index in [0.717, 1.165) is 29.3 Å². The van der Waals surface area contributed by atoms with Gasteiger partial charge in [0.2, 0.25) is 5.91 Å². The number of rotatable bonds is 6. The lowest BCUT2D eigenvalue weighted by molar-refractivity contribution is -0.127. The molecular weight excluding hydrogens is 492 g/mol. The van der Waals surface area contributed by atoms with Crippen LogP contribution in [0.15, 0.2) is 42.5 Å². The van der Waals surface area contributed by atoms with Crippen LogP contribution in [0.4, 0.5) is 0 Å². The maximum absolute atomic E-state index is 13.8. The van der Waals surface area contributed by atoms with Gasteiger partial charge in [-0.2, -0.15) is 5.26 Å². The van der Waals surface area contributed by atoms with Crippen LogP contribution in [0.3, 0.4) is 0 Å². The van der Waals surface area contributed by atoms with Crippen LogP contribution < -0.4 is 10.1 Å². The fraction of sp³-hybridized carbons (Fsp3) is 0.357. The summed E-state index contributed by atoms with van der Waals surface area (Å²) in [4.78, 5) is 44.3. The first kappa shape index (κ1) is 24.8. The van der Waals surface area contributed by atoms with Crippen LogP contribution in [0, 0.1) is 17.2 Å². The number of nitrogens with zero attached hydrogens (tertiary/aromatic N) is 2. The number of hydrogen-bond acceptors (Lipinski definition) is 5. The normalized spacial score (nSPS) is 19.8. The number of aromatic amines is 1. The van der Waals surface area contributed by atoms with E-state index >= 15 is 0 Å². The molecule has 0 radical (unpaired) electrons. The van der Waals surface area contributed by atoms with Crippen LogP contribution in [-0.4, -0.2) is 47.2 Å². The number of hydrogen-bond donors (Lipinski definition) is 2. The molecule has 5 rings (SSSR count). The third-order valence-electron chi connectivity index (χ3n) is 7.37. The van der Waals surface area contributed by atoms with E-state index in [4.69, 9.17) is 16.3 Å². The zero-order chi connectivity index (χ0) is 26.1. The van der Waals surface area contributed by atoms with Crippen molar-refractivity contribution in [1.29, 1.82) is 5.26 Å². The zero-order valence-corrected chi connectivity index (χ0v) is 21.2. The number of methoxy groups -OCH3 is 1. The van der Waals surface area contributed by atoms with E-state index < -0.39 is 18.0 Å². The van der Waals surface area contributed by atoms with E-state index in [1.807, 2.05) is 18.2 Å². The van der Waals surface area contributed by atoms with Crippen molar-refractivity contribution < 1.29 is 19.1 Å². The van der Waals surface area contributed by atoms with E-state index in [1.165, 1.54) is 4.90 Å². The molecule has 190 valence electrons. The highest BCUT2D eigenvalue weighted by Crippen LogP contribution is 2.36. The van der Waals surface area contributed by atoms with Crippen LogP contribution >= 0.6 is 11.6 Å². The molecule has 1 aromatic heterocycles. The van der Waals surface area contributed by atoms with Gasteiger partial charge in [0.25, 0.3) is 5.91 Å². The highest BCUT2D eigenvalue weighted by Gasteiger charge is 2.39. The molecule has 1 saturated carbocycles. The molecule has 1 aliphatic carbocycles. The molecule has 2 aliphatic rings. The average molecular weight is 519 g/mol. The summed E-state index contributed by atoms with van der Waals surface area (Å²) in [5.41, 5.74) is 2.52. The minimum Gasteiger partial charge on any atom is -0.496 e. The SMILES string of the molecule is COc1cccc2[nH]c(C(=O)N3CCc4c(Cl)cccc4[C@H]3C(=O)N[C@H](C#N)C[C@@H]3CCCC3=O)cc12. The third-order valence-corrected chi connectivity index (χ3v) is 7.73. The molecule has 8 nitrogen and oxygen atoms in total. The van der Waals surface area contributed by atoms with E-state index in [0.29, 0.717) is 34.9 Å². The summed E-state index contributed by atoms with van der Waals surface area (Å²) in [7, 11) is 1.57. The molecule has 2 heterocycles. The number of halogens is 1. The molecule has 3 aromatic rings. The third kappa shape index (κ3) is 4.67. The lowest BCUT2D eigenvalue weighted by Gasteiger charge is -2.37. The highest BCUT2D eigenvalue weighted by atomic mass is 35.5. The lowest BCUT2D eigenvalue weighted by atomic mass is 9.91. The molecule has 0 saturated heterocycles. The van der Waals surface area contributed by atoms with Crippen molar-refractivity contribution in [2.75, 3.05) is 13.7 Å². The van der Waals surface area contributed by atoms with Crippen molar-refractivity contribution in [3.8, 4) is 11.8 Å². The number of ether oxygens (including phenoxy) is 1. The Morgan fingerprint density at radius 3 is 2.81 bits per heavy atom. The van der Waals surface area contributed by atoms with Gasteiger partial charge in [-0.3, -0.25) is 14.4 Å². The molecule has 0 bridgehead atoms. The summed E-state index contributed by atoms with van der Waals surface area (Å²) in [5.74, 6) is -0.269. The Morgan fingerprint density at radius 2 is 2.08 bits per heavy atom. The number of nitrogens with one attached hydrogen (secondary N) is 2. The molecule has 3 atom stereocenters. The summed E-state index contributed by atoms with van der Waals surface area (Å²) in [6.07, 6.45) is 2.81. The number of ketones is 1. The van der Waals surface area contributed by atoms with Gasteiger partial charge in [-0.25, -0.2) is 0 Å². The van der Waals surface area contributed by atoms with Crippen molar-refractivity contribution in [2.45, 2.75) is 44.2 Å². The van der Waals surface area contributed by atoms with Crippen LogP contribution in [0.25, 0.3) is 10.9 Å². The lowest BCUT2D eigenvalue weighted by Crippen LogP contribution is -2.49. The second-order valence-electron chi connectivity index (χ2n) is 9.54. The molecule has 9 heteroatoms. The molecule has 2 aromatic carbocycles. The standard InChI is InChI=1S/C28H27ClN4O4/c1-37-25-10-4-8-22-20(25)14-23(32-22)28(36)33-12-11-18-19(6-3-7-21(18)29)26(33)27(35)31-17(15-30)13-16-5-2-9-24(16)34/h3-4,6-8,10,14,16-17,26,32H,2,5,9,11-13H2,1H3,(H,31,35)/t16-,17-,26-/m0/s1. The first-order valence-corrected chi connectivity index (χ1v) is 12.8. The fourth-order valence-corrected chi connectivity index (χ4v) is 5.79. The number of nitriles is 1. The Bertz CT molecular complexity index is 1430. The number of Topliss-reactive ketones (excluding diaryl/α,β-unsaturated/α-hetero) is 1. The van der Waals surface area contributed by atoms with E-state index in [9.17, 15) is 19.6 Å². The van der Waals surface area contributed by atoms with Gasteiger partial charge in [0, 0.05) is 34.8 Å². The van der Waals surface area contributed by atoms with Gasteiger partial charge in [0.15, 0.2) is 0 Å². The summed E-state index contributed by atoms with van der Waals surface area (Å²) >= 11 is 6.46. The van der Waals surface area contributed by atoms with Gasteiger partial charge in [0.05, 0.1) is 13.2 Å². The summed E-state index contributed by atoms with van der Waals surface area (Å²) < 4.78 is 5.42. The van der Waals surface area contributed by atoms with Crippen LogP contribution in [-0.2, 0) is 16.0 Å². The summed E-state index contributed by atoms with van der Waals surface area (Å²) in [6, 6.07) is 12.9. The number of H-pyrrole nitrogens is 1.